The molecular weight excluding hydrogens is 476 g/mol. The van der Waals surface area contributed by atoms with E-state index in [-0.39, 0.29) is 35.5 Å². The Morgan fingerprint density at radius 3 is 2.68 bits per heavy atom. The van der Waals surface area contributed by atoms with Crippen molar-refractivity contribution in [2.45, 2.75) is 57.0 Å². The Kier molecular flexibility index (Phi) is 6.83. The van der Waals surface area contributed by atoms with Gasteiger partial charge in [-0.3, -0.25) is 14.4 Å². The van der Waals surface area contributed by atoms with Crippen LogP contribution in [0.2, 0.25) is 0 Å². The van der Waals surface area contributed by atoms with Crippen LogP contribution in [0.5, 0.6) is 5.75 Å². The van der Waals surface area contributed by atoms with E-state index in [1.54, 1.807) is 18.1 Å². The molecule has 37 heavy (non-hydrogen) atoms. The molecular formula is C27H34N4O6. The molecule has 1 aromatic carbocycles. The average Bonchev–Trinajstić information content (AvgIpc) is 3.70. The number of nitrogens with one attached hydrogen (secondary N) is 3. The molecule has 10 nitrogen and oxygen atoms in total. The van der Waals surface area contributed by atoms with E-state index < -0.39 is 18.1 Å². The molecule has 1 aromatic heterocycles. The number of aromatic nitrogens is 1. The topological polar surface area (TPSA) is 130 Å². The Morgan fingerprint density at radius 2 is 2.00 bits per heavy atom. The Bertz CT molecular complexity index is 1220. The maximum atomic E-state index is 13.8. The van der Waals surface area contributed by atoms with Crippen LogP contribution in [-0.4, -0.2) is 73.0 Å². The molecule has 1 unspecified atom stereocenters. The summed E-state index contributed by atoms with van der Waals surface area (Å²) in [5, 5.41) is 6.39. The molecule has 198 valence electrons. The zero-order valence-corrected chi connectivity index (χ0v) is 21.3. The number of aromatic amines is 1. The van der Waals surface area contributed by atoms with Crippen LogP contribution >= 0.6 is 0 Å². The number of carbonyl (C=O) groups is 4. The number of nitrogens with zero attached hydrogens (tertiary/aromatic N) is 1. The van der Waals surface area contributed by atoms with Crippen molar-refractivity contribution in [2.24, 2.45) is 11.3 Å². The number of H-pyrrole nitrogens is 1. The lowest BCUT2D eigenvalue weighted by atomic mass is 9.84. The van der Waals surface area contributed by atoms with Crippen molar-refractivity contribution in [1.82, 2.24) is 20.5 Å². The lowest BCUT2D eigenvalue weighted by Gasteiger charge is -2.26. The third-order valence-electron chi connectivity index (χ3n) is 8.30. The summed E-state index contributed by atoms with van der Waals surface area (Å²) in [5.74, 6) is -1.07. The first-order valence-corrected chi connectivity index (χ1v) is 13.0. The number of amides is 3. The van der Waals surface area contributed by atoms with E-state index in [4.69, 9.17) is 9.47 Å². The number of rotatable bonds is 7. The molecule has 1 saturated carbocycles. The Labute approximate surface area is 215 Å². The van der Waals surface area contributed by atoms with Crippen LogP contribution < -0.4 is 15.4 Å². The molecule has 0 bridgehead atoms. The van der Waals surface area contributed by atoms with E-state index in [0.717, 1.165) is 36.6 Å². The highest BCUT2D eigenvalue weighted by Gasteiger charge is 2.50. The summed E-state index contributed by atoms with van der Waals surface area (Å²) in [5.41, 5.74) is 1.06. The number of hydrogen-bond acceptors (Lipinski definition) is 6. The van der Waals surface area contributed by atoms with E-state index in [9.17, 15) is 19.2 Å². The van der Waals surface area contributed by atoms with Crippen LogP contribution in [0.15, 0.2) is 24.3 Å². The van der Waals surface area contributed by atoms with Gasteiger partial charge in [0.1, 0.15) is 23.5 Å². The maximum absolute atomic E-state index is 13.8. The van der Waals surface area contributed by atoms with Crippen molar-refractivity contribution in [3.05, 3.63) is 30.0 Å². The predicted octanol–water partition coefficient (Wildman–Crippen LogP) is 2.14. The molecule has 5 rings (SSSR count). The number of fused-ring (bicyclic) bond motifs is 1. The molecule has 3 N–H and O–H groups in total. The highest BCUT2D eigenvalue weighted by Crippen LogP contribution is 2.48. The van der Waals surface area contributed by atoms with Crippen LogP contribution in [-0.2, 0) is 19.1 Å². The van der Waals surface area contributed by atoms with Crippen LogP contribution in [0.4, 0.5) is 0 Å². The van der Waals surface area contributed by atoms with Crippen LogP contribution in [0.25, 0.3) is 10.9 Å². The summed E-state index contributed by atoms with van der Waals surface area (Å²) < 4.78 is 10.4. The third-order valence-corrected chi connectivity index (χ3v) is 8.30. The first-order valence-electron chi connectivity index (χ1n) is 13.0. The summed E-state index contributed by atoms with van der Waals surface area (Å²) in [4.78, 5) is 56.9. The minimum Gasteiger partial charge on any atom is -0.496 e. The van der Waals surface area contributed by atoms with Gasteiger partial charge in [0.15, 0.2) is 0 Å². The fourth-order valence-electron chi connectivity index (χ4n) is 6.35. The van der Waals surface area contributed by atoms with Crippen molar-refractivity contribution in [3.63, 3.8) is 0 Å². The smallest absolute Gasteiger partial charge is 0.328 e. The normalized spacial score (nSPS) is 23.3. The molecule has 0 radical (unpaired) electrons. The number of carbonyl (C=O) groups excluding carboxylic acids is 4. The zero-order valence-electron chi connectivity index (χ0n) is 21.3. The lowest BCUT2D eigenvalue weighted by molar-refractivity contribution is -0.146. The average molecular weight is 511 g/mol. The second kappa shape index (κ2) is 10.1. The fraction of sp³-hybridized carbons (Fsp3) is 0.556. The van der Waals surface area contributed by atoms with E-state index in [0.29, 0.717) is 37.4 Å². The molecule has 2 aliphatic heterocycles. The summed E-state index contributed by atoms with van der Waals surface area (Å²) in [6.07, 6.45) is 5.38. The maximum Gasteiger partial charge on any atom is 0.328 e. The van der Waals surface area contributed by atoms with Gasteiger partial charge in [-0.05, 0) is 55.7 Å². The summed E-state index contributed by atoms with van der Waals surface area (Å²) >= 11 is 0. The predicted molar refractivity (Wildman–Crippen MR) is 135 cm³/mol. The van der Waals surface area contributed by atoms with E-state index in [1.807, 2.05) is 18.2 Å². The number of likely N-dealkylation sites (tertiary alicyclic amines) is 1. The van der Waals surface area contributed by atoms with Crippen molar-refractivity contribution in [3.8, 4) is 5.75 Å². The summed E-state index contributed by atoms with van der Waals surface area (Å²) in [6, 6.07) is 5.65. The number of hydrogen-bond donors (Lipinski definition) is 3. The van der Waals surface area contributed by atoms with Gasteiger partial charge in [-0.1, -0.05) is 18.9 Å². The number of benzene rings is 1. The van der Waals surface area contributed by atoms with Crippen molar-refractivity contribution in [1.29, 1.82) is 0 Å². The Morgan fingerprint density at radius 1 is 1.22 bits per heavy atom. The van der Waals surface area contributed by atoms with Gasteiger partial charge in [-0.15, -0.1) is 0 Å². The highest BCUT2D eigenvalue weighted by molar-refractivity contribution is 6.02. The zero-order chi connectivity index (χ0) is 26.2. The van der Waals surface area contributed by atoms with Crippen molar-refractivity contribution in [2.75, 3.05) is 27.3 Å². The molecule has 2 aromatic rings. The van der Waals surface area contributed by atoms with Crippen molar-refractivity contribution < 1.29 is 28.7 Å². The highest BCUT2D eigenvalue weighted by atomic mass is 16.5. The molecule has 3 amide bonds. The Balaban J connectivity index is 1.40. The van der Waals surface area contributed by atoms with E-state index >= 15 is 0 Å². The number of ether oxygens (including phenoxy) is 2. The minimum absolute atomic E-state index is 0.104. The molecule has 3 aliphatic rings. The fourth-order valence-corrected chi connectivity index (χ4v) is 6.35. The Hall–Kier alpha value is -3.56. The van der Waals surface area contributed by atoms with Gasteiger partial charge < -0.3 is 30.0 Å². The lowest BCUT2D eigenvalue weighted by Crippen LogP contribution is -2.51. The monoisotopic (exact) mass is 510 g/mol. The SMILES string of the molecule is COC(=O)C(C[C@@H]1CCNC1=O)NC(=O)[C@@H]1CC2(CCCC2)CN1C(=O)c1cc2c(OC)cccc2[nH]1. The van der Waals surface area contributed by atoms with Gasteiger partial charge in [0, 0.05) is 29.9 Å². The summed E-state index contributed by atoms with van der Waals surface area (Å²) in [7, 11) is 2.85. The van der Waals surface area contributed by atoms with Crippen LogP contribution in [0.3, 0.4) is 0 Å². The van der Waals surface area contributed by atoms with Crippen LogP contribution in [0.1, 0.15) is 55.4 Å². The first kappa shape index (κ1) is 25.1. The molecule has 3 fully saturated rings. The molecule has 1 aliphatic carbocycles. The quantitative estimate of drug-likeness (QED) is 0.490. The van der Waals surface area contributed by atoms with Gasteiger partial charge >= 0.3 is 5.97 Å². The van der Waals surface area contributed by atoms with Gasteiger partial charge in [0.2, 0.25) is 11.8 Å². The van der Waals surface area contributed by atoms with Gasteiger partial charge in [0.25, 0.3) is 5.91 Å². The largest absolute Gasteiger partial charge is 0.496 e. The van der Waals surface area contributed by atoms with Crippen molar-refractivity contribution >= 4 is 34.6 Å². The van der Waals surface area contributed by atoms with Gasteiger partial charge in [-0.2, -0.15) is 0 Å². The summed E-state index contributed by atoms with van der Waals surface area (Å²) in [6.45, 7) is 1.04. The van der Waals surface area contributed by atoms with Crippen LogP contribution in [0, 0.1) is 11.3 Å². The number of methoxy groups -OCH3 is 2. The molecule has 3 heterocycles. The standard InChI is InChI=1S/C27H34N4O6/c1-36-22-7-5-6-18-17(22)13-19(29-18)25(34)31-15-27(9-3-4-10-27)14-21(31)24(33)30-20(26(35)37-2)12-16-8-11-28-23(16)32/h5-7,13,16,20-21,29H,3-4,8-12,14-15H2,1-2H3,(H,28,32)(H,30,33)/t16-,20?,21-/m0/s1. The first-order chi connectivity index (χ1) is 17.8. The second-order valence-corrected chi connectivity index (χ2v) is 10.6. The van der Waals surface area contributed by atoms with E-state index in [1.165, 1.54) is 7.11 Å². The van der Waals surface area contributed by atoms with E-state index in [2.05, 4.69) is 15.6 Å². The third kappa shape index (κ3) is 4.76. The minimum atomic E-state index is -0.958. The van der Waals surface area contributed by atoms with Gasteiger partial charge in [0.05, 0.1) is 14.2 Å². The molecule has 3 atom stereocenters. The van der Waals surface area contributed by atoms with Gasteiger partial charge in [-0.25, -0.2) is 4.79 Å². The molecule has 1 spiro atoms. The second-order valence-electron chi connectivity index (χ2n) is 10.6. The molecule has 10 heteroatoms. The number of esters is 1. The molecule has 2 saturated heterocycles.